The first-order valence-corrected chi connectivity index (χ1v) is 9.00. The van der Waals surface area contributed by atoms with Gasteiger partial charge >= 0.3 is 0 Å². The highest BCUT2D eigenvalue weighted by Gasteiger charge is 2.16. The molecule has 4 rings (SSSR count). The number of rotatable bonds is 4. The van der Waals surface area contributed by atoms with Crippen LogP contribution in [0.1, 0.15) is 18.4 Å². The minimum atomic E-state index is 0.363. The number of nitrogens with zero attached hydrogens (tertiary/aromatic N) is 1. The number of phenols is 1. The molecule has 1 N–H and O–H groups in total. The van der Waals surface area contributed by atoms with Crippen molar-refractivity contribution in [1.82, 2.24) is 4.90 Å². The Bertz CT molecular complexity index is 776. The van der Waals surface area contributed by atoms with Crippen molar-refractivity contribution in [2.45, 2.75) is 19.4 Å². The molecule has 0 bridgehead atoms. The molecule has 1 aliphatic heterocycles. The van der Waals surface area contributed by atoms with E-state index in [2.05, 4.69) is 41.3 Å². The molecule has 0 aliphatic carbocycles. The summed E-state index contributed by atoms with van der Waals surface area (Å²) in [5, 5.41) is 11.0. The summed E-state index contributed by atoms with van der Waals surface area (Å²) < 4.78 is 0. The van der Waals surface area contributed by atoms with E-state index in [4.69, 9.17) is 0 Å². The zero-order valence-corrected chi connectivity index (χ0v) is 14.4. The van der Waals surface area contributed by atoms with Crippen molar-refractivity contribution in [1.29, 1.82) is 0 Å². The smallest absolute Gasteiger partial charge is 0.131 e. The predicted octanol–water partition coefficient (Wildman–Crippen LogP) is 5.32. The molecule has 25 heavy (non-hydrogen) atoms. The van der Waals surface area contributed by atoms with Crippen LogP contribution in [0, 0.1) is 0 Å². The standard InChI is InChI=1S/C23H23NO/c25-23-21(19-9-3-1-4-10-19)15-18(17-24-13-7-8-14-24)16-22(23)20-11-5-2-6-12-20/h1-6,9-12,15-16,25H,7-8,13-14,17H2. The Morgan fingerprint density at radius 1 is 0.720 bits per heavy atom. The summed E-state index contributed by atoms with van der Waals surface area (Å²) in [5.74, 6) is 0.363. The molecule has 1 saturated heterocycles. The van der Waals surface area contributed by atoms with Crippen LogP contribution in [0.3, 0.4) is 0 Å². The first-order chi connectivity index (χ1) is 12.3. The van der Waals surface area contributed by atoms with E-state index in [9.17, 15) is 5.11 Å². The van der Waals surface area contributed by atoms with Gasteiger partial charge in [0.1, 0.15) is 5.75 Å². The Balaban J connectivity index is 1.82. The van der Waals surface area contributed by atoms with Gasteiger partial charge in [0.15, 0.2) is 0 Å². The van der Waals surface area contributed by atoms with Gasteiger partial charge in [0, 0.05) is 17.7 Å². The molecule has 0 amide bonds. The van der Waals surface area contributed by atoms with Crippen molar-refractivity contribution in [3.05, 3.63) is 78.4 Å². The summed E-state index contributed by atoms with van der Waals surface area (Å²) in [6.45, 7) is 3.28. The maximum absolute atomic E-state index is 11.0. The molecule has 1 fully saturated rings. The zero-order valence-electron chi connectivity index (χ0n) is 14.4. The van der Waals surface area contributed by atoms with Gasteiger partial charge in [-0.2, -0.15) is 0 Å². The second kappa shape index (κ2) is 7.12. The fourth-order valence-corrected chi connectivity index (χ4v) is 3.66. The van der Waals surface area contributed by atoms with Crippen molar-refractivity contribution in [3.8, 4) is 28.0 Å². The van der Waals surface area contributed by atoms with Crippen LogP contribution in [0.4, 0.5) is 0 Å². The molecule has 1 heterocycles. The lowest BCUT2D eigenvalue weighted by atomic mass is 9.94. The van der Waals surface area contributed by atoms with Crippen molar-refractivity contribution in [3.63, 3.8) is 0 Å². The van der Waals surface area contributed by atoms with Crippen LogP contribution in [0.15, 0.2) is 72.8 Å². The molecule has 0 radical (unpaired) electrons. The van der Waals surface area contributed by atoms with E-state index in [0.717, 1.165) is 28.8 Å². The summed E-state index contributed by atoms with van der Waals surface area (Å²) in [7, 11) is 0. The third kappa shape index (κ3) is 3.45. The molecular weight excluding hydrogens is 306 g/mol. The molecule has 1 aliphatic rings. The predicted molar refractivity (Wildman–Crippen MR) is 103 cm³/mol. The third-order valence-corrected chi connectivity index (χ3v) is 4.94. The van der Waals surface area contributed by atoms with Gasteiger partial charge in [0.2, 0.25) is 0 Å². The number of phenolic OH excluding ortho intramolecular Hbond substituents is 1. The van der Waals surface area contributed by atoms with Crippen LogP contribution in [-0.4, -0.2) is 23.1 Å². The van der Waals surface area contributed by atoms with Crippen LogP contribution in [0.5, 0.6) is 5.75 Å². The molecule has 3 aromatic rings. The summed E-state index contributed by atoms with van der Waals surface area (Å²) in [4.78, 5) is 2.50. The van der Waals surface area contributed by atoms with Crippen molar-refractivity contribution in [2.75, 3.05) is 13.1 Å². The number of hydrogen-bond donors (Lipinski definition) is 1. The molecule has 0 unspecified atom stereocenters. The quantitative estimate of drug-likeness (QED) is 0.700. The van der Waals surface area contributed by atoms with Gasteiger partial charge in [-0.1, -0.05) is 60.7 Å². The Labute approximate surface area is 149 Å². The molecule has 0 atom stereocenters. The maximum atomic E-state index is 11.0. The first-order valence-electron chi connectivity index (χ1n) is 9.00. The molecule has 2 nitrogen and oxygen atoms in total. The third-order valence-electron chi connectivity index (χ3n) is 4.94. The number of aromatic hydroxyl groups is 1. The highest BCUT2D eigenvalue weighted by atomic mass is 16.3. The van der Waals surface area contributed by atoms with Gasteiger partial charge in [-0.15, -0.1) is 0 Å². The van der Waals surface area contributed by atoms with Gasteiger partial charge in [0.25, 0.3) is 0 Å². The molecule has 0 aromatic heterocycles. The van der Waals surface area contributed by atoms with Crippen LogP contribution in [0.25, 0.3) is 22.3 Å². The molecular formula is C23H23NO. The summed E-state index contributed by atoms with van der Waals surface area (Å²) in [5.41, 5.74) is 5.20. The Morgan fingerprint density at radius 2 is 1.20 bits per heavy atom. The average molecular weight is 329 g/mol. The largest absolute Gasteiger partial charge is 0.507 e. The Morgan fingerprint density at radius 3 is 1.68 bits per heavy atom. The monoisotopic (exact) mass is 329 g/mol. The van der Waals surface area contributed by atoms with Crippen LogP contribution >= 0.6 is 0 Å². The van der Waals surface area contributed by atoms with E-state index in [1.807, 2.05) is 36.4 Å². The number of hydrogen-bond acceptors (Lipinski definition) is 2. The normalized spacial score (nSPS) is 14.7. The number of likely N-dealkylation sites (tertiary alicyclic amines) is 1. The summed E-state index contributed by atoms with van der Waals surface area (Å²) in [6, 6.07) is 24.6. The van der Waals surface area contributed by atoms with Crippen LogP contribution < -0.4 is 0 Å². The zero-order chi connectivity index (χ0) is 17.1. The average Bonchev–Trinajstić information content (AvgIpc) is 3.17. The van der Waals surface area contributed by atoms with Gasteiger partial charge in [-0.25, -0.2) is 0 Å². The molecule has 126 valence electrons. The highest BCUT2D eigenvalue weighted by Crippen LogP contribution is 2.39. The molecule has 2 heteroatoms. The van der Waals surface area contributed by atoms with Gasteiger partial charge < -0.3 is 5.11 Å². The maximum Gasteiger partial charge on any atom is 0.131 e. The Kier molecular flexibility index (Phi) is 4.53. The van der Waals surface area contributed by atoms with E-state index in [-0.39, 0.29) is 0 Å². The molecule has 0 saturated carbocycles. The lowest BCUT2D eigenvalue weighted by Crippen LogP contribution is -2.18. The van der Waals surface area contributed by atoms with Gasteiger partial charge in [0.05, 0.1) is 0 Å². The van der Waals surface area contributed by atoms with E-state index >= 15 is 0 Å². The fraction of sp³-hybridized carbons (Fsp3) is 0.217. The van der Waals surface area contributed by atoms with E-state index in [1.54, 1.807) is 0 Å². The topological polar surface area (TPSA) is 23.5 Å². The van der Waals surface area contributed by atoms with E-state index in [0.29, 0.717) is 5.75 Å². The van der Waals surface area contributed by atoms with Crippen molar-refractivity contribution >= 4 is 0 Å². The van der Waals surface area contributed by atoms with E-state index < -0.39 is 0 Å². The fourth-order valence-electron chi connectivity index (χ4n) is 3.66. The molecule has 3 aromatic carbocycles. The SMILES string of the molecule is Oc1c(-c2ccccc2)cc(CN2CCCC2)cc1-c1ccccc1. The highest BCUT2D eigenvalue weighted by molar-refractivity contribution is 5.82. The lowest BCUT2D eigenvalue weighted by molar-refractivity contribution is 0.331. The van der Waals surface area contributed by atoms with Crippen molar-refractivity contribution < 1.29 is 5.11 Å². The van der Waals surface area contributed by atoms with Gasteiger partial charge in [-0.3, -0.25) is 4.90 Å². The van der Waals surface area contributed by atoms with Crippen LogP contribution in [0.2, 0.25) is 0 Å². The minimum Gasteiger partial charge on any atom is -0.507 e. The Hall–Kier alpha value is -2.58. The minimum absolute atomic E-state index is 0.363. The second-order valence-corrected chi connectivity index (χ2v) is 6.75. The van der Waals surface area contributed by atoms with Gasteiger partial charge in [-0.05, 0) is 54.8 Å². The van der Waals surface area contributed by atoms with E-state index in [1.165, 1.54) is 31.5 Å². The van der Waals surface area contributed by atoms with Crippen LogP contribution in [-0.2, 0) is 6.54 Å². The first kappa shape index (κ1) is 15.9. The molecule has 0 spiro atoms. The lowest BCUT2D eigenvalue weighted by Gasteiger charge is -2.18. The second-order valence-electron chi connectivity index (χ2n) is 6.75. The summed E-state index contributed by atoms with van der Waals surface area (Å²) in [6.07, 6.45) is 2.57. The summed E-state index contributed by atoms with van der Waals surface area (Å²) >= 11 is 0. The number of benzene rings is 3. The van der Waals surface area contributed by atoms with Crippen molar-refractivity contribution in [2.24, 2.45) is 0 Å².